The van der Waals surface area contributed by atoms with Crippen molar-refractivity contribution in [1.82, 2.24) is 25.2 Å². The smallest absolute Gasteiger partial charge is 0.276 e. The van der Waals surface area contributed by atoms with Crippen molar-refractivity contribution in [2.24, 2.45) is 5.92 Å². The lowest BCUT2D eigenvalue weighted by Crippen LogP contribution is -2.42. The Kier molecular flexibility index (Phi) is 8.07. The Labute approximate surface area is 171 Å². The maximum atomic E-state index is 13.1. The molecule has 8 heteroatoms. The van der Waals surface area contributed by atoms with Crippen molar-refractivity contribution >= 4 is 29.9 Å². The monoisotopic (exact) mass is 411 g/mol. The summed E-state index contributed by atoms with van der Waals surface area (Å²) in [5, 5.41) is 12.4. The molecule has 0 radical (unpaired) electrons. The highest BCUT2D eigenvalue weighted by Crippen LogP contribution is 2.22. The van der Waals surface area contributed by atoms with E-state index in [9.17, 15) is 4.79 Å². The molecule has 1 aliphatic heterocycles. The van der Waals surface area contributed by atoms with Crippen molar-refractivity contribution in [3.63, 3.8) is 0 Å². The van der Waals surface area contributed by atoms with Gasteiger partial charge in [-0.2, -0.15) is 0 Å². The Morgan fingerprint density at radius 3 is 2.93 bits per heavy atom. The fourth-order valence-electron chi connectivity index (χ4n) is 3.60. The number of hydrogen-bond donors (Lipinski definition) is 1. The van der Waals surface area contributed by atoms with Gasteiger partial charge in [0.1, 0.15) is 0 Å². The molecule has 1 aromatic carbocycles. The molecule has 1 unspecified atom stereocenters. The molecule has 2 aromatic rings. The van der Waals surface area contributed by atoms with Crippen molar-refractivity contribution < 1.29 is 4.79 Å². The first-order chi connectivity index (χ1) is 12.6. The van der Waals surface area contributed by atoms with Gasteiger partial charge in [0, 0.05) is 18.1 Å². The molecule has 1 fully saturated rings. The first-order valence-electron chi connectivity index (χ1n) is 9.28. The molecule has 6 nitrogen and oxygen atoms in total. The van der Waals surface area contributed by atoms with E-state index in [4.69, 9.17) is 11.6 Å². The van der Waals surface area contributed by atoms with E-state index in [2.05, 4.69) is 22.6 Å². The first-order valence-corrected chi connectivity index (χ1v) is 9.66. The number of carbonyl (C=O) groups excluding carboxylic acids is 1. The molecule has 0 aliphatic carbocycles. The van der Waals surface area contributed by atoms with Crippen LogP contribution < -0.4 is 5.32 Å². The summed E-state index contributed by atoms with van der Waals surface area (Å²) in [6.07, 6.45) is 3.84. The normalized spacial score (nSPS) is 16.9. The highest BCUT2D eigenvalue weighted by Gasteiger charge is 2.28. The molecule has 1 atom stereocenters. The first kappa shape index (κ1) is 21.7. The summed E-state index contributed by atoms with van der Waals surface area (Å²) < 4.78 is 1.75. The van der Waals surface area contributed by atoms with Gasteiger partial charge >= 0.3 is 0 Å². The second-order valence-electron chi connectivity index (χ2n) is 6.84. The summed E-state index contributed by atoms with van der Waals surface area (Å²) in [6, 6.07) is 7.47. The van der Waals surface area contributed by atoms with Crippen LogP contribution >= 0.6 is 24.0 Å². The molecule has 0 bridgehead atoms. The number of benzene rings is 1. The SMILES string of the molecule is CCCc1c(C(=O)N2CCCC(CNC)C2)nnn1-c1cccc(Cl)c1.Cl. The average Bonchev–Trinajstić information content (AvgIpc) is 3.06. The Bertz CT molecular complexity index is 762. The van der Waals surface area contributed by atoms with Gasteiger partial charge in [-0.15, -0.1) is 17.5 Å². The number of aromatic nitrogens is 3. The van der Waals surface area contributed by atoms with Crippen LogP contribution in [0.1, 0.15) is 42.4 Å². The fourth-order valence-corrected chi connectivity index (χ4v) is 3.78. The minimum atomic E-state index is -0.0115. The van der Waals surface area contributed by atoms with Gasteiger partial charge in [0.15, 0.2) is 5.69 Å². The molecule has 1 aromatic heterocycles. The Hall–Kier alpha value is -1.63. The van der Waals surface area contributed by atoms with Crippen LogP contribution in [0.2, 0.25) is 5.02 Å². The molecule has 1 saturated heterocycles. The van der Waals surface area contributed by atoms with E-state index >= 15 is 0 Å². The Morgan fingerprint density at radius 1 is 1.41 bits per heavy atom. The Morgan fingerprint density at radius 2 is 2.22 bits per heavy atom. The van der Waals surface area contributed by atoms with Crippen LogP contribution in [0.3, 0.4) is 0 Å². The summed E-state index contributed by atoms with van der Waals surface area (Å²) in [4.78, 5) is 15.0. The number of carbonyl (C=O) groups is 1. The topological polar surface area (TPSA) is 63.1 Å². The van der Waals surface area contributed by atoms with Crippen molar-refractivity contribution in [3.05, 3.63) is 40.7 Å². The number of halogens is 2. The molecule has 1 N–H and O–H groups in total. The summed E-state index contributed by atoms with van der Waals surface area (Å²) in [5.41, 5.74) is 2.16. The molecule has 0 saturated carbocycles. The summed E-state index contributed by atoms with van der Waals surface area (Å²) in [7, 11) is 1.96. The van der Waals surface area contributed by atoms with Crippen molar-refractivity contribution in [2.45, 2.75) is 32.6 Å². The number of amides is 1. The number of hydrogen-bond acceptors (Lipinski definition) is 4. The van der Waals surface area contributed by atoms with Crippen molar-refractivity contribution in [2.75, 3.05) is 26.7 Å². The van der Waals surface area contributed by atoms with Gasteiger partial charge in [-0.1, -0.05) is 36.2 Å². The molecule has 0 spiro atoms. The van der Waals surface area contributed by atoms with E-state index in [-0.39, 0.29) is 18.3 Å². The molecule has 1 amide bonds. The lowest BCUT2D eigenvalue weighted by Gasteiger charge is -2.32. The zero-order valence-electron chi connectivity index (χ0n) is 15.8. The maximum Gasteiger partial charge on any atom is 0.276 e. The third-order valence-corrected chi connectivity index (χ3v) is 5.04. The van der Waals surface area contributed by atoms with E-state index in [0.29, 0.717) is 16.6 Å². The third kappa shape index (κ3) is 5.00. The molecule has 1 aliphatic rings. The Balaban J connectivity index is 0.00000261. The molecule has 3 rings (SSSR count). The molecule has 2 heterocycles. The van der Waals surface area contributed by atoms with Crippen LogP contribution in [-0.2, 0) is 6.42 Å². The second kappa shape index (κ2) is 10.1. The van der Waals surface area contributed by atoms with E-state index in [1.54, 1.807) is 4.68 Å². The van der Waals surface area contributed by atoms with E-state index in [0.717, 1.165) is 56.7 Å². The summed E-state index contributed by atoms with van der Waals surface area (Å²) >= 11 is 6.12. The van der Waals surface area contributed by atoms with E-state index in [1.807, 2.05) is 36.2 Å². The van der Waals surface area contributed by atoms with Gasteiger partial charge in [0.25, 0.3) is 5.91 Å². The number of nitrogens with one attached hydrogen (secondary N) is 1. The maximum absolute atomic E-state index is 13.1. The summed E-state index contributed by atoms with van der Waals surface area (Å²) in [5.74, 6) is 0.484. The van der Waals surface area contributed by atoms with Crippen LogP contribution in [0.5, 0.6) is 0 Å². The minimum absolute atomic E-state index is 0. The van der Waals surface area contributed by atoms with Gasteiger partial charge in [-0.05, 0) is 57.0 Å². The molecular weight excluding hydrogens is 385 g/mol. The number of rotatable bonds is 6. The van der Waals surface area contributed by atoms with Crippen molar-refractivity contribution in [1.29, 1.82) is 0 Å². The van der Waals surface area contributed by atoms with Crippen molar-refractivity contribution in [3.8, 4) is 5.69 Å². The predicted octanol–water partition coefficient (Wildman–Crippen LogP) is 3.37. The van der Waals surface area contributed by atoms with Gasteiger partial charge in [-0.3, -0.25) is 4.79 Å². The number of likely N-dealkylation sites (tertiary alicyclic amines) is 1. The molecular formula is C19H27Cl2N5O. The van der Waals surface area contributed by atoms with Gasteiger partial charge in [0.05, 0.1) is 11.4 Å². The molecule has 27 heavy (non-hydrogen) atoms. The van der Waals surface area contributed by atoms with Gasteiger partial charge < -0.3 is 10.2 Å². The van der Waals surface area contributed by atoms with Crippen LogP contribution in [0.4, 0.5) is 0 Å². The third-order valence-electron chi connectivity index (χ3n) is 4.80. The van der Waals surface area contributed by atoms with Gasteiger partial charge in [0.2, 0.25) is 0 Å². The lowest BCUT2D eigenvalue weighted by atomic mass is 9.97. The highest BCUT2D eigenvalue weighted by molar-refractivity contribution is 6.30. The van der Waals surface area contributed by atoms with E-state index in [1.165, 1.54) is 0 Å². The largest absolute Gasteiger partial charge is 0.337 e. The zero-order chi connectivity index (χ0) is 18.5. The van der Waals surface area contributed by atoms with Crippen LogP contribution in [0.25, 0.3) is 5.69 Å². The molecule has 148 valence electrons. The van der Waals surface area contributed by atoms with Crippen LogP contribution in [-0.4, -0.2) is 52.5 Å². The zero-order valence-corrected chi connectivity index (χ0v) is 17.4. The highest BCUT2D eigenvalue weighted by atomic mass is 35.5. The fraction of sp³-hybridized carbons (Fsp3) is 0.526. The number of piperidine rings is 1. The minimum Gasteiger partial charge on any atom is -0.337 e. The standard InChI is InChI=1S/C19H26ClN5O.ClH/c1-3-6-17-18(19(26)24-10-5-7-14(13-24)12-21-2)22-23-25(17)16-9-4-8-15(20)11-16;/h4,8-9,11,14,21H,3,5-7,10,12-13H2,1-2H3;1H. The van der Waals surface area contributed by atoms with Crippen LogP contribution in [0, 0.1) is 5.92 Å². The predicted molar refractivity (Wildman–Crippen MR) is 110 cm³/mol. The number of nitrogens with zero attached hydrogens (tertiary/aromatic N) is 4. The van der Waals surface area contributed by atoms with E-state index < -0.39 is 0 Å². The second-order valence-corrected chi connectivity index (χ2v) is 7.28. The lowest BCUT2D eigenvalue weighted by molar-refractivity contribution is 0.0667. The summed E-state index contributed by atoms with van der Waals surface area (Å²) in [6.45, 7) is 4.58. The van der Waals surface area contributed by atoms with Crippen LogP contribution in [0.15, 0.2) is 24.3 Å². The van der Waals surface area contributed by atoms with Gasteiger partial charge in [-0.25, -0.2) is 4.68 Å². The quantitative estimate of drug-likeness (QED) is 0.791. The average molecular weight is 412 g/mol.